The molecule has 0 fully saturated rings. The van der Waals surface area contributed by atoms with Gasteiger partial charge in [0.25, 0.3) is 0 Å². The third-order valence-electron chi connectivity index (χ3n) is 4.86. The normalized spacial score (nSPS) is 11.5. The van der Waals surface area contributed by atoms with Gasteiger partial charge in [0, 0.05) is 33.0 Å². The lowest BCUT2D eigenvalue weighted by Gasteiger charge is -2.32. The van der Waals surface area contributed by atoms with Crippen molar-refractivity contribution in [1.29, 1.82) is 0 Å². The third-order valence-corrected chi connectivity index (χ3v) is 4.86. The molecule has 24 heavy (non-hydrogen) atoms. The standard InChI is InChI=1S/C20H33NO3/c1-8-20(3,4)17-13-15(2)16(19(22)24-7)14-18(17)21(5)11-9-10-12-23-6/h13-14H,8-12H2,1-7H3. The van der Waals surface area contributed by atoms with Gasteiger partial charge in [-0.15, -0.1) is 0 Å². The summed E-state index contributed by atoms with van der Waals surface area (Å²) < 4.78 is 10.1. The lowest BCUT2D eigenvalue weighted by molar-refractivity contribution is 0.0600. The van der Waals surface area contributed by atoms with Crippen molar-refractivity contribution >= 4 is 11.7 Å². The molecule has 0 unspecified atom stereocenters. The number of methoxy groups -OCH3 is 2. The quantitative estimate of drug-likeness (QED) is 0.497. The second-order valence-corrected chi connectivity index (χ2v) is 7.03. The summed E-state index contributed by atoms with van der Waals surface area (Å²) in [4.78, 5) is 14.3. The van der Waals surface area contributed by atoms with Crippen LogP contribution in [0.15, 0.2) is 12.1 Å². The smallest absolute Gasteiger partial charge is 0.338 e. The van der Waals surface area contributed by atoms with Crippen LogP contribution in [0.1, 0.15) is 61.5 Å². The Hall–Kier alpha value is -1.55. The van der Waals surface area contributed by atoms with E-state index in [0.717, 1.165) is 43.7 Å². The van der Waals surface area contributed by atoms with E-state index < -0.39 is 0 Å². The maximum atomic E-state index is 12.1. The fourth-order valence-electron chi connectivity index (χ4n) is 2.79. The van der Waals surface area contributed by atoms with Gasteiger partial charge in [-0.3, -0.25) is 0 Å². The number of anilines is 1. The molecule has 0 saturated carbocycles. The molecule has 1 aromatic rings. The Morgan fingerprint density at radius 2 is 1.88 bits per heavy atom. The Bertz CT molecular complexity index is 552. The number of ether oxygens (including phenoxy) is 2. The fraction of sp³-hybridized carbons (Fsp3) is 0.650. The fourth-order valence-corrected chi connectivity index (χ4v) is 2.79. The number of hydrogen-bond donors (Lipinski definition) is 0. The lowest BCUT2D eigenvalue weighted by Crippen LogP contribution is -2.26. The Morgan fingerprint density at radius 1 is 1.21 bits per heavy atom. The molecule has 0 aliphatic carbocycles. The number of hydrogen-bond acceptors (Lipinski definition) is 4. The van der Waals surface area contributed by atoms with Crippen LogP contribution in [0, 0.1) is 6.92 Å². The first-order valence-corrected chi connectivity index (χ1v) is 8.72. The minimum atomic E-state index is -0.276. The van der Waals surface area contributed by atoms with Crippen LogP contribution < -0.4 is 4.90 Å². The number of unbranched alkanes of at least 4 members (excludes halogenated alkanes) is 1. The van der Waals surface area contributed by atoms with Gasteiger partial charge in [-0.2, -0.15) is 0 Å². The third kappa shape index (κ3) is 4.97. The van der Waals surface area contributed by atoms with Crippen molar-refractivity contribution in [2.75, 3.05) is 39.3 Å². The summed E-state index contributed by atoms with van der Waals surface area (Å²) in [5, 5.41) is 0. The highest BCUT2D eigenvalue weighted by Gasteiger charge is 2.25. The number of nitrogens with zero attached hydrogens (tertiary/aromatic N) is 1. The number of rotatable bonds is 9. The summed E-state index contributed by atoms with van der Waals surface area (Å²) in [6.45, 7) is 10.4. The van der Waals surface area contributed by atoms with E-state index in [2.05, 4.69) is 38.8 Å². The maximum absolute atomic E-state index is 12.1. The number of benzene rings is 1. The predicted octanol–water partition coefficient (Wildman–Crippen LogP) is 4.33. The number of esters is 1. The summed E-state index contributed by atoms with van der Waals surface area (Å²) in [6.07, 6.45) is 3.12. The molecular weight excluding hydrogens is 302 g/mol. The first-order valence-electron chi connectivity index (χ1n) is 8.72. The Labute approximate surface area is 147 Å². The van der Waals surface area contributed by atoms with E-state index in [1.165, 1.54) is 12.7 Å². The van der Waals surface area contributed by atoms with E-state index in [0.29, 0.717) is 5.56 Å². The van der Waals surface area contributed by atoms with Gasteiger partial charge in [-0.05, 0) is 48.8 Å². The van der Waals surface area contributed by atoms with Gasteiger partial charge in [0.1, 0.15) is 0 Å². The van der Waals surface area contributed by atoms with Crippen LogP contribution in [0.4, 0.5) is 5.69 Å². The van der Waals surface area contributed by atoms with Crippen LogP contribution >= 0.6 is 0 Å². The average Bonchev–Trinajstić information content (AvgIpc) is 2.57. The Morgan fingerprint density at radius 3 is 2.42 bits per heavy atom. The molecule has 0 amide bonds. The van der Waals surface area contributed by atoms with E-state index in [1.54, 1.807) is 7.11 Å². The molecule has 136 valence electrons. The van der Waals surface area contributed by atoms with Gasteiger partial charge >= 0.3 is 5.97 Å². The molecular formula is C20H33NO3. The molecule has 0 aromatic heterocycles. The van der Waals surface area contributed by atoms with Crippen LogP contribution in [0.25, 0.3) is 0 Å². The molecule has 1 rings (SSSR count). The molecule has 0 aliphatic heterocycles. The van der Waals surface area contributed by atoms with Crippen LogP contribution in [0.2, 0.25) is 0 Å². The Kier molecular flexibility index (Phi) is 7.74. The zero-order chi connectivity index (χ0) is 18.3. The van der Waals surface area contributed by atoms with Gasteiger partial charge < -0.3 is 14.4 Å². The lowest BCUT2D eigenvalue weighted by atomic mass is 9.79. The van der Waals surface area contributed by atoms with Crippen LogP contribution in [0.3, 0.4) is 0 Å². The Balaban J connectivity index is 3.23. The van der Waals surface area contributed by atoms with E-state index in [9.17, 15) is 4.79 Å². The highest BCUT2D eigenvalue weighted by atomic mass is 16.5. The predicted molar refractivity (Wildman–Crippen MR) is 100 cm³/mol. The van der Waals surface area contributed by atoms with Crippen LogP contribution in [0.5, 0.6) is 0 Å². The van der Waals surface area contributed by atoms with Crippen molar-refractivity contribution in [1.82, 2.24) is 0 Å². The topological polar surface area (TPSA) is 38.8 Å². The van der Waals surface area contributed by atoms with E-state index >= 15 is 0 Å². The molecule has 0 bridgehead atoms. The molecule has 0 saturated heterocycles. The molecule has 0 atom stereocenters. The molecule has 0 aliphatic rings. The molecule has 0 spiro atoms. The van der Waals surface area contributed by atoms with Crippen molar-refractivity contribution < 1.29 is 14.3 Å². The summed E-state index contributed by atoms with van der Waals surface area (Å²) in [7, 11) is 5.25. The molecule has 0 N–H and O–H groups in total. The van der Waals surface area contributed by atoms with E-state index in [1.807, 2.05) is 13.0 Å². The minimum Gasteiger partial charge on any atom is -0.465 e. The summed E-state index contributed by atoms with van der Waals surface area (Å²) in [5.41, 5.74) is 4.06. The molecule has 1 aromatic carbocycles. The largest absolute Gasteiger partial charge is 0.465 e. The SMILES string of the molecule is CCC(C)(C)c1cc(C)c(C(=O)OC)cc1N(C)CCCCOC. The highest BCUT2D eigenvalue weighted by Crippen LogP contribution is 2.36. The van der Waals surface area contributed by atoms with Gasteiger partial charge in [-0.1, -0.05) is 26.8 Å². The first kappa shape index (κ1) is 20.5. The van der Waals surface area contributed by atoms with Crippen molar-refractivity contribution in [2.45, 2.75) is 52.4 Å². The van der Waals surface area contributed by atoms with Gasteiger partial charge in [-0.25, -0.2) is 4.79 Å². The van der Waals surface area contributed by atoms with Crippen molar-refractivity contribution in [2.24, 2.45) is 0 Å². The monoisotopic (exact) mass is 335 g/mol. The maximum Gasteiger partial charge on any atom is 0.338 e. The summed E-state index contributed by atoms with van der Waals surface area (Å²) in [5.74, 6) is -0.276. The van der Waals surface area contributed by atoms with Crippen molar-refractivity contribution in [3.8, 4) is 0 Å². The molecule has 0 heterocycles. The van der Waals surface area contributed by atoms with Crippen molar-refractivity contribution in [3.05, 3.63) is 28.8 Å². The van der Waals surface area contributed by atoms with E-state index in [-0.39, 0.29) is 11.4 Å². The highest BCUT2D eigenvalue weighted by molar-refractivity contribution is 5.92. The molecule has 0 radical (unpaired) electrons. The number of aryl methyl sites for hydroxylation is 1. The average molecular weight is 335 g/mol. The van der Waals surface area contributed by atoms with Crippen LogP contribution in [-0.2, 0) is 14.9 Å². The first-order chi connectivity index (χ1) is 11.3. The number of carbonyl (C=O) groups excluding carboxylic acids is 1. The van der Waals surface area contributed by atoms with Gasteiger partial charge in [0.2, 0.25) is 0 Å². The second-order valence-electron chi connectivity index (χ2n) is 7.03. The second kappa shape index (κ2) is 9.07. The van der Waals surface area contributed by atoms with Gasteiger partial charge in [0.05, 0.1) is 12.7 Å². The molecule has 4 nitrogen and oxygen atoms in total. The van der Waals surface area contributed by atoms with Gasteiger partial charge in [0.15, 0.2) is 0 Å². The van der Waals surface area contributed by atoms with E-state index in [4.69, 9.17) is 9.47 Å². The zero-order valence-corrected chi connectivity index (χ0v) is 16.4. The summed E-state index contributed by atoms with van der Waals surface area (Å²) in [6, 6.07) is 4.14. The van der Waals surface area contributed by atoms with Crippen molar-refractivity contribution in [3.63, 3.8) is 0 Å². The minimum absolute atomic E-state index is 0.0511. The molecule has 4 heteroatoms. The van der Waals surface area contributed by atoms with Crippen LogP contribution in [-0.4, -0.2) is 40.4 Å². The zero-order valence-electron chi connectivity index (χ0n) is 16.4. The summed E-state index contributed by atoms with van der Waals surface area (Å²) >= 11 is 0. The number of carbonyl (C=O) groups is 1.